The Morgan fingerprint density at radius 3 is 2.70 bits per heavy atom. The normalized spacial score (nSPS) is 16.7. The Bertz CT molecular complexity index is 1060. The lowest BCUT2D eigenvalue weighted by atomic mass is 10.0. The lowest BCUT2D eigenvalue weighted by Crippen LogP contribution is -2.46. The lowest BCUT2D eigenvalue weighted by molar-refractivity contribution is 0.0557. The summed E-state index contributed by atoms with van der Waals surface area (Å²) < 4.78 is 27.8. The van der Waals surface area contributed by atoms with E-state index in [-0.39, 0.29) is 22.9 Å². The molecule has 176 valence electrons. The van der Waals surface area contributed by atoms with Gasteiger partial charge >= 0.3 is 6.03 Å². The van der Waals surface area contributed by atoms with Crippen molar-refractivity contribution < 1.29 is 23.5 Å². The van der Waals surface area contributed by atoms with Gasteiger partial charge in [-0.15, -0.1) is 0 Å². The molecule has 0 aliphatic carbocycles. The second-order valence-electron chi connectivity index (χ2n) is 8.53. The van der Waals surface area contributed by atoms with Crippen molar-refractivity contribution in [2.75, 3.05) is 30.6 Å². The van der Waals surface area contributed by atoms with Crippen molar-refractivity contribution in [1.82, 2.24) is 10.3 Å². The van der Waals surface area contributed by atoms with Gasteiger partial charge in [-0.2, -0.15) is 0 Å². The maximum absolute atomic E-state index is 14.7. The third-order valence-corrected chi connectivity index (χ3v) is 6.59. The summed E-state index contributed by atoms with van der Waals surface area (Å²) in [6, 6.07) is 9.70. The molecule has 0 bridgehead atoms. The van der Waals surface area contributed by atoms with E-state index in [1.54, 1.807) is 9.21 Å². The van der Waals surface area contributed by atoms with E-state index < -0.39 is 11.7 Å². The summed E-state index contributed by atoms with van der Waals surface area (Å²) >= 11 is 1.19. The molecule has 1 fully saturated rings. The molecule has 2 aromatic rings. The van der Waals surface area contributed by atoms with E-state index in [0.29, 0.717) is 43.3 Å². The number of rotatable bonds is 5. The minimum absolute atomic E-state index is 0.126. The number of ether oxygens (including phenoxy) is 2. The van der Waals surface area contributed by atoms with Crippen LogP contribution < -0.4 is 20.3 Å². The van der Waals surface area contributed by atoms with Crippen LogP contribution in [-0.4, -0.2) is 48.7 Å². The van der Waals surface area contributed by atoms with Gasteiger partial charge in [-0.25, -0.2) is 19.3 Å². The molecule has 0 radical (unpaired) electrons. The van der Waals surface area contributed by atoms with Crippen LogP contribution in [0.2, 0.25) is 0 Å². The summed E-state index contributed by atoms with van der Waals surface area (Å²) in [7, 11) is 0. The molecule has 2 aliphatic rings. The first kappa shape index (κ1) is 23.3. The second kappa shape index (κ2) is 9.58. The Balaban J connectivity index is 1.62. The quantitative estimate of drug-likeness (QED) is 0.299. The van der Waals surface area contributed by atoms with Crippen molar-refractivity contribution in [3.63, 3.8) is 0 Å². The lowest BCUT2D eigenvalue weighted by Gasteiger charge is -2.33. The number of morpholine rings is 1. The predicted octanol–water partition coefficient (Wildman–Crippen LogP) is 3.25. The van der Waals surface area contributed by atoms with E-state index in [1.807, 2.05) is 37.5 Å². The molecular formula is C23H27FN4O4S. The Morgan fingerprint density at radius 2 is 2.00 bits per heavy atom. The molecule has 3 amide bonds. The van der Waals surface area contributed by atoms with E-state index in [4.69, 9.17) is 15.3 Å². The van der Waals surface area contributed by atoms with Gasteiger partial charge < -0.3 is 14.4 Å². The van der Waals surface area contributed by atoms with Crippen LogP contribution in [0.4, 0.5) is 14.9 Å². The van der Waals surface area contributed by atoms with Crippen LogP contribution in [0.25, 0.3) is 0 Å². The minimum Gasteiger partial charge on any atom is -0.485 e. The molecule has 4 rings (SSSR count). The van der Waals surface area contributed by atoms with E-state index in [1.165, 1.54) is 24.1 Å². The largest absolute Gasteiger partial charge is 0.485 e. The molecule has 0 aromatic heterocycles. The Kier molecular flexibility index (Phi) is 6.78. The third kappa shape index (κ3) is 5.07. The van der Waals surface area contributed by atoms with Gasteiger partial charge in [0.05, 0.1) is 18.9 Å². The fourth-order valence-corrected chi connectivity index (χ4v) is 4.90. The van der Waals surface area contributed by atoms with Gasteiger partial charge in [0.15, 0.2) is 0 Å². The van der Waals surface area contributed by atoms with Crippen LogP contribution >= 0.6 is 11.9 Å². The SMILES string of the molecule is CC1(C)Cc2cccc(N(SCc3ccc(C(=O)NN)cc3F)C(=O)N3CCOCC3)c2O1. The third-order valence-electron chi connectivity index (χ3n) is 5.54. The molecule has 33 heavy (non-hydrogen) atoms. The number of nitrogens with two attached hydrogens (primary N) is 1. The van der Waals surface area contributed by atoms with Crippen LogP contribution in [0, 0.1) is 5.82 Å². The van der Waals surface area contributed by atoms with E-state index >= 15 is 0 Å². The molecule has 2 aromatic carbocycles. The van der Waals surface area contributed by atoms with Crippen molar-refractivity contribution in [2.24, 2.45) is 5.84 Å². The number of halogens is 1. The topological polar surface area (TPSA) is 97.1 Å². The van der Waals surface area contributed by atoms with E-state index in [9.17, 15) is 14.0 Å². The number of nitrogens with zero attached hydrogens (tertiary/aromatic N) is 2. The Labute approximate surface area is 196 Å². The molecule has 2 heterocycles. The van der Waals surface area contributed by atoms with Gasteiger partial charge in [0, 0.05) is 36.4 Å². The van der Waals surface area contributed by atoms with Gasteiger partial charge in [-0.05, 0) is 49.6 Å². The fraction of sp³-hybridized carbons (Fsp3) is 0.391. The second-order valence-corrected chi connectivity index (χ2v) is 9.45. The highest BCUT2D eigenvalue weighted by Gasteiger charge is 2.35. The van der Waals surface area contributed by atoms with E-state index in [0.717, 1.165) is 18.1 Å². The molecule has 0 unspecified atom stereocenters. The number of para-hydroxylation sites is 1. The first-order valence-corrected chi connectivity index (χ1v) is 11.6. The van der Waals surface area contributed by atoms with Crippen molar-refractivity contribution in [3.8, 4) is 5.75 Å². The van der Waals surface area contributed by atoms with Crippen LogP contribution in [-0.2, 0) is 16.9 Å². The number of nitrogen functional groups attached to an aromatic ring is 1. The van der Waals surface area contributed by atoms with Crippen LogP contribution in [0.15, 0.2) is 36.4 Å². The number of carbonyl (C=O) groups excluding carboxylic acids is 2. The number of urea groups is 1. The van der Waals surface area contributed by atoms with Gasteiger partial charge in [-0.3, -0.25) is 10.2 Å². The van der Waals surface area contributed by atoms with Crippen molar-refractivity contribution >= 4 is 29.6 Å². The maximum atomic E-state index is 14.7. The summed E-state index contributed by atoms with van der Waals surface area (Å²) in [6.07, 6.45) is 0.736. The van der Waals surface area contributed by atoms with Gasteiger partial charge in [-0.1, -0.05) is 18.2 Å². The molecule has 0 saturated carbocycles. The highest BCUT2D eigenvalue weighted by Crippen LogP contribution is 2.44. The number of carbonyl (C=O) groups is 2. The minimum atomic E-state index is -0.572. The van der Waals surface area contributed by atoms with Crippen molar-refractivity contribution in [2.45, 2.75) is 31.6 Å². The number of anilines is 1. The number of hydrazine groups is 1. The molecule has 10 heteroatoms. The molecule has 0 atom stereocenters. The zero-order chi connectivity index (χ0) is 23.6. The van der Waals surface area contributed by atoms with Crippen molar-refractivity contribution in [3.05, 3.63) is 58.9 Å². The molecule has 8 nitrogen and oxygen atoms in total. The zero-order valence-electron chi connectivity index (χ0n) is 18.6. The van der Waals surface area contributed by atoms with Crippen LogP contribution in [0.1, 0.15) is 35.3 Å². The predicted molar refractivity (Wildman–Crippen MR) is 124 cm³/mol. The number of amides is 3. The van der Waals surface area contributed by atoms with Crippen LogP contribution in [0.3, 0.4) is 0 Å². The number of nitrogens with one attached hydrogen (secondary N) is 1. The zero-order valence-corrected chi connectivity index (χ0v) is 19.4. The summed E-state index contributed by atoms with van der Waals surface area (Å²) in [4.78, 5) is 26.9. The van der Waals surface area contributed by atoms with Crippen molar-refractivity contribution in [1.29, 1.82) is 0 Å². The first-order valence-electron chi connectivity index (χ1n) is 10.7. The number of benzene rings is 2. The standard InChI is InChI=1S/C23H27FN4O4S/c1-23(2)13-16-4-3-5-19(20(16)32-23)28(22(30)27-8-10-31-11-9-27)33-14-17-7-6-15(12-18(17)24)21(29)26-25/h3-7,12H,8-11,13-14,25H2,1-2H3,(H,26,29). The molecular weight excluding hydrogens is 447 g/mol. The summed E-state index contributed by atoms with van der Waals surface area (Å²) in [5, 5.41) is 0. The Hall–Kier alpha value is -2.82. The smallest absolute Gasteiger partial charge is 0.335 e. The van der Waals surface area contributed by atoms with Gasteiger partial charge in [0.1, 0.15) is 17.2 Å². The molecule has 2 aliphatic heterocycles. The fourth-order valence-electron chi connectivity index (χ4n) is 3.89. The molecule has 1 saturated heterocycles. The maximum Gasteiger partial charge on any atom is 0.335 e. The van der Waals surface area contributed by atoms with Gasteiger partial charge in [0.2, 0.25) is 0 Å². The summed E-state index contributed by atoms with van der Waals surface area (Å²) in [5.74, 6) is 4.86. The molecule has 0 spiro atoms. The summed E-state index contributed by atoms with van der Waals surface area (Å²) in [6.45, 7) is 5.92. The van der Waals surface area contributed by atoms with Gasteiger partial charge in [0.25, 0.3) is 5.91 Å². The number of hydrogen-bond acceptors (Lipinski definition) is 6. The first-order chi connectivity index (χ1) is 15.8. The highest BCUT2D eigenvalue weighted by atomic mass is 32.2. The number of hydrogen-bond donors (Lipinski definition) is 2. The van der Waals surface area contributed by atoms with E-state index in [2.05, 4.69) is 0 Å². The number of fused-ring (bicyclic) bond motifs is 1. The Morgan fingerprint density at radius 1 is 1.24 bits per heavy atom. The highest BCUT2D eigenvalue weighted by molar-refractivity contribution is 8.00. The summed E-state index contributed by atoms with van der Waals surface area (Å²) in [5.41, 5.74) is 3.77. The average molecular weight is 475 g/mol. The van der Waals surface area contributed by atoms with Crippen LogP contribution in [0.5, 0.6) is 5.75 Å². The average Bonchev–Trinajstić information content (AvgIpc) is 3.14. The monoisotopic (exact) mass is 474 g/mol. The molecule has 3 N–H and O–H groups in total.